The van der Waals surface area contributed by atoms with Crippen molar-refractivity contribution in [3.05, 3.63) is 34.8 Å². The lowest BCUT2D eigenvalue weighted by Gasteiger charge is -2.20. The second kappa shape index (κ2) is 4.35. The number of pyridine rings is 1. The molecule has 0 spiro atoms. The summed E-state index contributed by atoms with van der Waals surface area (Å²) in [5.74, 6) is 1.26. The van der Waals surface area contributed by atoms with Gasteiger partial charge in [-0.05, 0) is 36.8 Å². The number of nitriles is 2. The summed E-state index contributed by atoms with van der Waals surface area (Å²) in [4.78, 5) is 4.53. The lowest BCUT2D eigenvalue weighted by Crippen LogP contribution is -2.09. The van der Waals surface area contributed by atoms with Gasteiger partial charge in [0, 0.05) is 30.3 Å². The Morgan fingerprint density at radius 3 is 2.73 bits per heavy atom. The monoisotopic (exact) mass is 289 g/mol. The number of nitrogens with zero attached hydrogens (tertiary/aromatic N) is 4. The molecule has 2 N–H and O–H groups in total. The molecular weight excluding hydrogens is 274 g/mol. The number of hydrogen-bond donors (Lipinski definition) is 1. The summed E-state index contributed by atoms with van der Waals surface area (Å²) < 4.78 is 1.78. The standard InChI is InChI=1S/C17H15N5/c1-22-8-11(5-12(22)6-18)14-13(7-19)17(20)21-16-10-3-2-9(4-10)15(14)16/h5,8-10H,2-4H2,1H3,(H2,20,21)/t9-,10+/m1/s1. The fourth-order valence-corrected chi connectivity index (χ4v) is 4.08. The van der Waals surface area contributed by atoms with Crippen molar-refractivity contribution < 1.29 is 0 Å². The number of nitrogen functional groups attached to an aromatic ring is 1. The highest BCUT2D eigenvalue weighted by Gasteiger charge is 2.41. The molecule has 2 aliphatic rings. The van der Waals surface area contributed by atoms with E-state index in [0.29, 0.717) is 28.9 Å². The van der Waals surface area contributed by atoms with Crippen LogP contribution in [0.2, 0.25) is 0 Å². The highest BCUT2D eigenvalue weighted by molar-refractivity contribution is 5.81. The van der Waals surface area contributed by atoms with Crippen LogP contribution in [0.5, 0.6) is 0 Å². The normalized spacial score (nSPS) is 21.4. The van der Waals surface area contributed by atoms with Gasteiger partial charge in [0.05, 0.1) is 5.69 Å². The molecule has 5 heteroatoms. The van der Waals surface area contributed by atoms with Gasteiger partial charge in [0.15, 0.2) is 0 Å². The van der Waals surface area contributed by atoms with E-state index in [1.54, 1.807) is 4.57 Å². The van der Waals surface area contributed by atoms with Crippen molar-refractivity contribution in [2.45, 2.75) is 31.1 Å². The molecule has 1 fully saturated rings. The van der Waals surface area contributed by atoms with Crippen LogP contribution in [0.15, 0.2) is 12.3 Å². The fraction of sp³-hybridized carbons (Fsp3) is 0.353. The highest BCUT2D eigenvalue weighted by atomic mass is 14.9. The van der Waals surface area contributed by atoms with Gasteiger partial charge in [-0.3, -0.25) is 0 Å². The number of nitrogens with two attached hydrogens (primary N) is 1. The minimum Gasteiger partial charge on any atom is -0.383 e. The Labute approximate surface area is 128 Å². The Hall–Kier alpha value is -2.79. The van der Waals surface area contributed by atoms with Crippen LogP contribution in [0, 0.1) is 22.7 Å². The molecular formula is C17H15N5. The first-order valence-electron chi connectivity index (χ1n) is 7.44. The van der Waals surface area contributed by atoms with Crippen LogP contribution in [-0.2, 0) is 7.05 Å². The van der Waals surface area contributed by atoms with E-state index in [9.17, 15) is 10.5 Å². The number of fused-ring (bicyclic) bond motifs is 5. The van der Waals surface area contributed by atoms with Crippen LogP contribution < -0.4 is 5.73 Å². The maximum atomic E-state index is 9.55. The predicted octanol–water partition coefficient (Wildman–Crippen LogP) is 2.78. The molecule has 0 aliphatic heterocycles. The van der Waals surface area contributed by atoms with Gasteiger partial charge in [0.2, 0.25) is 0 Å². The van der Waals surface area contributed by atoms with Crippen molar-refractivity contribution >= 4 is 5.82 Å². The SMILES string of the molecule is Cn1cc(-c2c(C#N)c(N)nc3c2[C@@H]2CC[C@H]3C2)cc1C#N. The molecule has 5 nitrogen and oxygen atoms in total. The highest BCUT2D eigenvalue weighted by Crippen LogP contribution is 2.56. The smallest absolute Gasteiger partial charge is 0.142 e. The molecule has 22 heavy (non-hydrogen) atoms. The Bertz CT molecular complexity index is 878. The molecule has 2 heterocycles. The molecule has 0 aromatic carbocycles. The van der Waals surface area contributed by atoms with Crippen molar-refractivity contribution in [3.8, 4) is 23.3 Å². The molecule has 0 unspecified atom stereocenters. The average molecular weight is 289 g/mol. The molecule has 2 atom stereocenters. The summed E-state index contributed by atoms with van der Waals surface area (Å²) in [5, 5.41) is 18.7. The molecule has 1 saturated carbocycles. The summed E-state index contributed by atoms with van der Waals surface area (Å²) in [6.45, 7) is 0. The van der Waals surface area contributed by atoms with Crippen LogP contribution in [0.25, 0.3) is 11.1 Å². The molecule has 2 aromatic heterocycles. The van der Waals surface area contributed by atoms with Gasteiger partial charge in [-0.25, -0.2) is 4.98 Å². The zero-order valence-corrected chi connectivity index (χ0v) is 12.3. The third-order valence-corrected chi connectivity index (χ3v) is 5.04. The molecule has 0 saturated heterocycles. The van der Waals surface area contributed by atoms with Crippen molar-refractivity contribution in [2.24, 2.45) is 7.05 Å². The third kappa shape index (κ3) is 1.54. The Balaban J connectivity index is 2.05. The van der Waals surface area contributed by atoms with Crippen LogP contribution >= 0.6 is 0 Å². The van der Waals surface area contributed by atoms with Gasteiger partial charge in [-0.1, -0.05) is 0 Å². The van der Waals surface area contributed by atoms with Crippen molar-refractivity contribution in [2.75, 3.05) is 5.73 Å². The first-order chi connectivity index (χ1) is 10.6. The molecule has 4 rings (SSSR count). The summed E-state index contributed by atoms with van der Waals surface area (Å²) in [5.41, 5.74) is 11.1. The van der Waals surface area contributed by atoms with Crippen LogP contribution in [0.1, 0.15) is 53.6 Å². The largest absolute Gasteiger partial charge is 0.383 e. The van der Waals surface area contributed by atoms with Gasteiger partial charge in [-0.2, -0.15) is 10.5 Å². The van der Waals surface area contributed by atoms with Crippen LogP contribution in [0.3, 0.4) is 0 Å². The first kappa shape index (κ1) is 12.9. The predicted molar refractivity (Wildman–Crippen MR) is 81.8 cm³/mol. The van der Waals surface area contributed by atoms with Crippen LogP contribution in [-0.4, -0.2) is 9.55 Å². The zero-order valence-electron chi connectivity index (χ0n) is 12.3. The number of rotatable bonds is 1. The third-order valence-electron chi connectivity index (χ3n) is 5.04. The van der Waals surface area contributed by atoms with E-state index in [4.69, 9.17) is 5.73 Å². The number of aromatic nitrogens is 2. The summed E-state index contributed by atoms with van der Waals surface area (Å²) in [6.07, 6.45) is 5.33. The number of anilines is 1. The Morgan fingerprint density at radius 1 is 1.27 bits per heavy atom. The number of hydrogen-bond acceptors (Lipinski definition) is 4. The Morgan fingerprint density at radius 2 is 2.05 bits per heavy atom. The lowest BCUT2D eigenvalue weighted by molar-refractivity contribution is 0.699. The number of aryl methyl sites for hydroxylation is 1. The molecule has 108 valence electrons. The second-order valence-electron chi connectivity index (χ2n) is 6.20. The van der Waals surface area contributed by atoms with Crippen molar-refractivity contribution in [3.63, 3.8) is 0 Å². The summed E-state index contributed by atoms with van der Waals surface area (Å²) in [6, 6.07) is 6.23. The van der Waals surface area contributed by atoms with E-state index in [0.717, 1.165) is 36.1 Å². The van der Waals surface area contributed by atoms with Crippen LogP contribution in [0.4, 0.5) is 5.82 Å². The van der Waals surface area contributed by atoms with E-state index in [1.807, 2.05) is 19.3 Å². The van der Waals surface area contributed by atoms with Gasteiger partial charge in [-0.15, -0.1) is 0 Å². The van der Waals surface area contributed by atoms with Gasteiger partial charge >= 0.3 is 0 Å². The molecule has 0 radical (unpaired) electrons. The van der Waals surface area contributed by atoms with E-state index < -0.39 is 0 Å². The topological polar surface area (TPSA) is 91.4 Å². The van der Waals surface area contributed by atoms with Gasteiger partial charge < -0.3 is 10.3 Å². The van der Waals surface area contributed by atoms with E-state index in [1.165, 1.54) is 5.56 Å². The lowest BCUT2D eigenvalue weighted by atomic mass is 9.87. The van der Waals surface area contributed by atoms with Gasteiger partial charge in [0.25, 0.3) is 0 Å². The van der Waals surface area contributed by atoms with Crippen molar-refractivity contribution in [1.29, 1.82) is 10.5 Å². The van der Waals surface area contributed by atoms with E-state index in [2.05, 4.69) is 17.1 Å². The fourth-order valence-electron chi connectivity index (χ4n) is 4.08. The average Bonchev–Trinajstić information content (AvgIpc) is 3.20. The molecule has 2 aliphatic carbocycles. The van der Waals surface area contributed by atoms with E-state index in [-0.39, 0.29) is 0 Å². The maximum Gasteiger partial charge on any atom is 0.142 e. The molecule has 2 aromatic rings. The molecule has 2 bridgehead atoms. The zero-order chi connectivity index (χ0) is 15.4. The first-order valence-corrected chi connectivity index (χ1v) is 7.44. The van der Waals surface area contributed by atoms with Crippen molar-refractivity contribution in [1.82, 2.24) is 9.55 Å². The summed E-state index contributed by atoms with van der Waals surface area (Å²) >= 11 is 0. The quantitative estimate of drug-likeness (QED) is 0.873. The summed E-state index contributed by atoms with van der Waals surface area (Å²) in [7, 11) is 1.84. The second-order valence-corrected chi connectivity index (χ2v) is 6.20. The molecule has 0 amide bonds. The van der Waals surface area contributed by atoms with Gasteiger partial charge in [0.1, 0.15) is 29.2 Å². The minimum absolute atomic E-state index is 0.311. The minimum atomic E-state index is 0.311. The Kier molecular flexibility index (Phi) is 2.55. The van der Waals surface area contributed by atoms with E-state index >= 15 is 0 Å². The maximum absolute atomic E-state index is 9.55.